The summed E-state index contributed by atoms with van der Waals surface area (Å²) in [6.07, 6.45) is -3.16. The van der Waals surface area contributed by atoms with Gasteiger partial charge in [-0.1, -0.05) is 35.9 Å². The van der Waals surface area contributed by atoms with Crippen molar-refractivity contribution < 1.29 is 32.3 Å². The zero-order chi connectivity index (χ0) is 23.9. The number of alkyl halides is 3. The maximum atomic E-state index is 13.0. The molecule has 170 valence electrons. The first kappa shape index (κ1) is 24.9. The number of carbonyl (C=O) groups excluding carboxylic acids is 1. The van der Waals surface area contributed by atoms with Crippen LogP contribution in [0.2, 0.25) is 5.02 Å². The maximum Gasteiger partial charge on any atom is 0.490 e. The van der Waals surface area contributed by atoms with Crippen LogP contribution in [0.15, 0.2) is 54.7 Å². The molecule has 32 heavy (non-hydrogen) atoms. The number of aromatic nitrogens is 2. The first-order chi connectivity index (χ1) is 15.0. The van der Waals surface area contributed by atoms with Gasteiger partial charge in [-0.2, -0.15) is 18.3 Å². The van der Waals surface area contributed by atoms with Gasteiger partial charge in [-0.25, -0.2) is 13.9 Å². The van der Waals surface area contributed by atoms with Crippen LogP contribution in [0.5, 0.6) is 0 Å². The number of rotatable bonds is 5. The Morgan fingerprint density at radius 1 is 1.12 bits per heavy atom. The molecule has 0 spiro atoms. The Bertz CT molecular complexity index is 1090. The summed E-state index contributed by atoms with van der Waals surface area (Å²) in [5, 5.41) is 14.6. The minimum atomic E-state index is -5.08. The number of carboxylic acid groups (broad SMARTS) is 1. The molecule has 1 heterocycles. The molecule has 2 N–H and O–H groups in total. The van der Waals surface area contributed by atoms with Gasteiger partial charge in [0.05, 0.1) is 18.3 Å². The molecule has 6 nitrogen and oxygen atoms in total. The fraction of sp³-hybridized carbons (Fsp3) is 0.190. The van der Waals surface area contributed by atoms with Gasteiger partial charge in [-0.15, -0.1) is 0 Å². The number of carboxylic acids is 1. The molecule has 1 aromatic heterocycles. The van der Waals surface area contributed by atoms with Gasteiger partial charge in [0.1, 0.15) is 5.82 Å². The molecule has 2 aromatic carbocycles. The van der Waals surface area contributed by atoms with Gasteiger partial charge < -0.3 is 10.4 Å². The number of halogens is 5. The summed E-state index contributed by atoms with van der Waals surface area (Å²) in [5.74, 6) is -3.30. The molecule has 0 saturated heterocycles. The lowest BCUT2D eigenvalue weighted by Crippen LogP contribution is -2.24. The minimum Gasteiger partial charge on any atom is -0.475 e. The minimum absolute atomic E-state index is 0.142. The molecular formula is C21H18ClF4N3O3. The average Bonchev–Trinajstić information content (AvgIpc) is 3.08. The van der Waals surface area contributed by atoms with E-state index in [2.05, 4.69) is 10.4 Å². The number of nitrogens with zero attached hydrogens (tertiary/aromatic N) is 2. The van der Waals surface area contributed by atoms with Gasteiger partial charge >= 0.3 is 12.1 Å². The van der Waals surface area contributed by atoms with E-state index in [1.54, 1.807) is 16.9 Å². The summed E-state index contributed by atoms with van der Waals surface area (Å²) in [6.45, 7) is 2.18. The monoisotopic (exact) mass is 471 g/mol. The van der Waals surface area contributed by atoms with Gasteiger partial charge in [-0.3, -0.25) is 4.79 Å². The van der Waals surface area contributed by atoms with Crippen LogP contribution in [0.25, 0.3) is 5.69 Å². The van der Waals surface area contributed by atoms with Crippen LogP contribution in [0, 0.1) is 12.7 Å². The molecule has 0 atom stereocenters. The lowest BCUT2D eigenvalue weighted by atomic mass is 10.1. The Labute approximate surface area is 185 Å². The molecule has 0 bridgehead atoms. The molecule has 0 fully saturated rings. The second-order valence-electron chi connectivity index (χ2n) is 6.49. The van der Waals surface area contributed by atoms with E-state index in [0.717, 1.165) is 16.9 Å². The fourth-order valence-electron chi connectivity index (χ4n) is 2.54. The van der Waals surface area contributed by atoms with Gasteiger partial charge in [-0.05, 0) is 36.8 Å². The number of hydrogen-bond acceptors (Lipinski definition) is 3. The standard InChI is InChI=1S/C19H17ClFN3O.C2HF3O2/c1-13-15(12-23-24(13)17-5-3-2-4-6-17)9-19(25)22-11-14-7-8-16(21)10-18(14)20;3-2(4,5)1(6)7/h2-8,10,12H,9,11H2,1H3,(H,22,25);(H,6,7). The molecule has 0 saturated carbocycles. The topological polar surface area (TPSA) is 84.2 Å². The van der Waals surface area contributed by atoms with Crippen LogP contribution in [0.1, 0.15) is 16.8 Å². The lowest BCUT2D eigenvalue weighted by molar-refractivity contribution is -0.192. The van der Waals surface area contributed by atoms with E-state index < -0.39 is 18.0 Å². The van der Waals surface area contributed by atoms with E-state index in [-0.39, 0.29) is 18.9 Å². The van der Waals surface area contributed by atoms with Crippen molar-refractivity contribution in [1.82, 2.24) is 15.1 Å². The molecule has 1 amide bonds. The number of benzene rings is 2. The summed E-state index contributed by atoms with van der Waals surface area (Å²) in [6, 6.07) is 13.9. The van der Waals surface area contributed by atoms with E-state index >= 15 is 0 Å². The predicted molar refractivity (Wildman–Crippen MR) is 109 cm³/mol. The number of aliphatic carboxylic acids is 1. The third kappa shape index (κ3) is 7.09. The molecule has 0 radical (unpaired) electrons. The quantitative estimate of drug-likeness (QED) is 0.538. The Balaban J connectivity index is 0.000000451. The van der Waals surface area contributed by atoms with E-state index in [4.69, 9.17) is 21.5 Å². The molecule has 0 unspecified atom stereocenters. The van der Waals surface area contributed by atoms with Gasteiger partial charge in [0.2, 0.25) is 5.91 Å². The molecule has 3 aromatic rings. The largest absolute Gasteiger partial charge is 0.490 e. The number of amides is 1. The third-order valence-corrected chi connectivity index (χ3v) is 4.55. The van der Waals surface area contributed by atoms with Crippen molar-refractivity contribution in [3.63, 3.8) is 0 Å². The Morgan fingerprint density at radius 2 is 1.75 bits per heavy atom. The molecule has 0 aliphatic rings. The highest BCUT2D eigenvalue weighted by molar-refractivity contribution is 6.31. The first-order valence-electron chi connectivity index (χ1n) is 9.08. The van der Waals surface area contributed by atoms with Gasteiger partial charge in [0.15, 0.2) is 0 Å². The van der Waals surface area contributed by atoms with Gasteiger partial charge in [0, 0.05) is 22.8 Å². The van der Waals surface area contributed by atoms with Crippen molar-refractivity contribution in [2.45, 2.75) is 26.1 Å². The summed E-state index contributed by atoms with van der Waals surface area (Å²) >= 11 is 5.96. The van der Waals surface area contributed by atoms with Crippen molar-refractivity contribution in [3.8, 4) is 5.69 Å². The molecule has 0 aliphatic carbocycles. The average molecular weight is 472 g/mol. The zero-order valence-electron chi connectivity index (χ0n) is 16.7. The van der Waals surface area contributed by atoms with E-state index in [1.165, 1.54) is 12.1 Å². The smallest absolute Gasteiger partial charge is 0.475 e. The normalized spacial score (nSPS) is 10.8. The van der Waals surface area contributed by atoms with Crippen LogP contribution in [0.4, 0.5) is 17.6 Å². The van der Waals surface area contributed by atoms with Crippen molar-refractivity contribution in [3.05, 3.63) is 82.4 Å². The van der Waals surface area contributed by atoms with Crippen LogP contribution in [-0.2, 0) is 22.6 Å². The third-order valence-electron chi connectivity index (χ3n) is 4.20. The SMILES string of the molecule is Cc1c(CC(=O)NCc2ccc(F)cc2Cl)cnn1-c1ccccc1.O=C(O)C(F)(F)F. The molecule has 11 heteroatoms. The molecular weight excluding hydrogens is 454 g/mol. The fourth-order valence-corrected chi connectivity index (χ4v) is 2.77. The lowest BCUT2D eigenvalue weighted by Gasteiger charge is -2.08. The van der Waals surface area contributed by atoms with Crippen molar-refractivity contribution in [1.29, 1.82) is 0 Å². The number of nitrogens with one attached hydrogen (secondary N) is 1. The first-order valence-corrected chi connectivity index (χ1v) is 9.46. The second kappa shape index (κ2) is 10.8. The predicted octanol–water partition coefficient (Wildman–Crippen LogP) is 4.47. The number of hydrogen-bond donors (Lipinski definition) is 2. The highest BCUT2D eigenvalue weighted by Crippen LogP contribution is 2.18. The second-order valence-corrected chi connectivity index (χ2v) is 6.90. The summed E-state index contributed by atoms with van der Waals surface area (Å²) in [5.41, 5.74) is 3.39. The van der Waals surface area contributed by atoms with Crippen molar-refractivity contribution >= 4 is 23.5 Å². The van der Waals surface area contributed by atoms with Crippen LogP contribution >= 0.6 is 11.6 Å². The Morgan fingerprint density at radius 3 is 2.31 bits per heavy atom. The van der Waals surface area contributed by atoms with Crippen molar-refractivity contribution in [2.75, 3.05) is 0 Å². The molecule has 0 aliphatic heterocycles. The summed E-state index contributed by atoms with van der Waals surface area (Å²) < 4.78 is 46.6. The van der Waals surface area contributed by atoms with E-state index in [1.807, 2.05) is 37.3 Å². The van der Waals surface area contributed by atoms with Crippen molar-refractivity contribution in [2.24, 2.45) is 0 Å². The van der Waals surface area contributed by atoms with Crippen LogP contribution < -0.4 is 5.32 Å². The summed E-state index contributed by atoms with van der Waals surface area (Å²) in [7, 11) is 0. The highest BCUT2D eigenvalue weighted by atomic mass is 35.5. The number of carbonyl (C=O) groups is 2. The number of para-hydroxylation sites is 1. The summed E-state index contributed by atoms with van der Waals surface area (Å²) in [4.78, 5) is 21.1. The van der Waals surface area contributed by atoms with Crippen LogP contribution in [0.3, 0.4) is 0 Å². The Kier molecular flexibility index (Phi) is 8.36. The van der Waals surface area contributed by atoms with Crippen LogP contribution in [-0.4, -0.2) is 32.9 Å². The van der Waals surface area contributed by atoms with E-state index in [9.17, 15) is 22.4 Å². The molecule has 3 rings (SSSR count). The maximum absolute atomic E-state index is 13.0. The highest BCUT2D eigenvalue weighted by Gasteiger charge is 2.38. The zero-order valence-corrected chi connectivity index (χ0v) is 17.4. The Hall–Kier alpha value is -3.40. The van der Waals surface area contributed by atoms with Gasteiger partial charge in [0.25, 0.3) is 0 Å². The van der Waals surface area contributed by atoms with E-state index in [0.29, 0.717) is 10.6 Å².